The van der Waals surface area contributed by atoms with Crippen LogP contribution in [0.2, 0.25) is 10.3 Å². The molecule has 1 amide bonds. The van der Waals surface area contributed by atoms with Crippen molar-refractivity contribution in [2.24, 2.45) is 5.73 Å². The minimum Gasteiger partial charge on any atom is -0.384 e. The molecule has 2 aromatic heterocycles. The first kappa shape index (κ1) is 41.4. The smallest absolute Gasteiger partial charge is 0.384 e. The van der Waals surface area contributed by atoms with Gasteiger partial charge in [-0.15, -0.1) is 17.0 Å². The van der Waals surface area contributed by atoms with Crippen LogP contribution >= 0.6 is 72.0 Å². The molecule has 0 aliphatic heterocycles. The van der Waals surface area contributed by atoms with Gasteiger partial charge in [-0.05, 0) is 80.8 Å². The van der Waals surface area contributed by atoms with E-state index in [-0.39, 0.29) is 22.5 Å². The van der Waals surface area contributed by atoms with Gasteiger partial charge in [0.05, 0.1) is 29.3 Å². The fourth-order valence-corrected chi connectivity index (χ4v) is 3.87. The Labute approximate surface area is 288 Å². The SMILES string of the molecule is Br.Cc1cc(C(=O)NCCCNc2ccc(Cl)nc2)cc(C(F)(F)F)c1.Clc1ccc(NCCCBr)cn1.NCCCBr. The molecule has 7 nitrogen and oxygen atoms in total. The summed E-state index contributed by atoms with van der Waals surface area (Å²) < 4.78 is 38.4. The van der Waals surface area contributed by atoms with E-state index in [2.05, 4.69) is 57.8 Å². The maximum absolute atomic E-state index is 12.8. The lowest BCUT2D eigenvalue weighted by molar-refractivity contribution is -0.137. The zero-order valence-corrected chi connectivity index (χ0v) is 29.9. The van der Waals surface area contributed by atoms with E-state index < -0.39 is 17.6 Å². The van der Waals surface area contributed by atoms with Crippen LogP contribution in [0.15, 0.2) is 54.9 Å². The Bertz CT molecular complexity index is 1180. The Morgan fingerprint density at radius 1 is 0.860 bits per heavy atom. The monoisotopic (exact) mass is 836 g/mol. The van der Waals surface area contributed by atoms with Gasteiger partial charge in [0.25, 0.3) is 5.91 Å². The number of nitrogens with two attached hydrogens (primary N) is 1. The molecule has 0 bridgehead atoms. The fourth-order valence-electron chi connectivity index (χ4n) is 3.04. The van der Waals surface area contributed by atoms with Gasteiger partial charge in [0.15, 0.2) is 0 Å². The highest BCUT2D eigenvalue weighted by molar-refractivity contribution is 9.09. The van der Waals surface area contributed by atoms with E-state index in [0.29, 0.717) is 35.4 Å². The van der Waals surface area contributed by atoms with Crippen LogP contribution in [0.1, 0.15) is 40.7 Å². The van der Waals surface area contributed by atoms with Crippen LogP contribution in [-0.2, 0) is 6.18 Å². The number of hydrogen-bond acceptors (Lipinski definition) is 6. The number of halogens is 8. The second-order valence-corrected chi connectivity index (χ2v) is 11.0. The molecular formula is C28H36Br3Cl2F3N6O. The summed E-state index contributed by atoms with van der Waals surface area (Å²) in [6.07, 6.45) is 1.63. The number of nitrogens with one attached hydrogen (secondary N) is 3. The highest BCUT2D eigenvalue weighted by Crippen LogP contribution is 2.30. The van der Waals surface area contributed by atoms with Crippen LogP contribution < -0.4 is 21.7 Å². The number of rotatable bonds is 12. The molecule has 3 aromatic rings. The molecule has 3 rings (SSSR count). The minimum absolute atomic E-state index is 0. The predicted octanol–water partition coefficient (Wildman–Crippen LogP) is 8.53. The summed E-state index contributed by atoms with van der Waals surface area (Å²) >= 11 is 17.9. The molecule has 0 radical (unpaired) electrons. The maximum Gasteiger partial charge on any atom is 0.416 e. The highest BCUT2D eigenvalue weighted by atomic mass is 79.9. The molecule has 1 aromatic carbocycles. The summed E-state index contributed by atoms with van der Waals surface area (Å²) in [6.45, 7) is 4.18. The Balaban J connectivity index is 0.000000813. The van der Waals surface area contributed by atoms with Gasteiger partial charge in [0, 0.05) is 35.9 Å². The molecule has 15 heteroatoms. The number of nitrogens with zero attached hydrogens (tertiary/aromatic N) is 2. The normalized spacial score (nSPS) is 10.3. The average molecular weight is 840 g/mol. The Kier molecular flexibility index (Phi) is 22.8. The second kappa shape index (κ2) is 23.7. The summed E-state index contributed by atoms with van der Waals surface area (Å²) in [5, 5.41) is 11.9. The van der Waals surface area contributed by atoms with E-state index in [4.69, 9.17) is 28.9 Å². The molecule has 0 aliphatic rings. The molecule has 0 saturated carbocycles. The van der Waals surface area contributed by atoms with Crippen molar-refractivity contribution in [3.8, 4) is 0 Å². The Hall–Kier alpha value is -1.64. The van der Waals surface area contributed by atoms with Crippen LogP contribution in [0.3, 0.4) is 0 Å². The summed E-state index contributed by atoms with van der Waals surface area (Å²) in [5.74, 6) is -0.526. The number of hydrogen-bond donors (Lipinski definition) is 4. The molecule has 0 spiro atoms. The molecule has 2 heterocycles. The molecular weight excluding hydrogens is 804 g/mol. The molecule has 0 unspecified atom stereocenters. The molecule has 0 atom stereocenters. The number of pyridine rings is 2. The van der Waals surface area contributed by atoms with Gasteiger partial charge in [0.2, 0.25) is 0 Å². The Morgan fingerprint density at radius 2 is 1.40 bits per heavy atom. The first-order valence-electron chi connectivity index (χ1n) is 13.0. The van der Waals surface area contributed by atoms with Crippen LogP contribution in [0.25, 0.3) is 0 Å². The zero-order valence-electron chi connectivity index (χ0n) is 23.5. The van der Waals surface area contributed by atoms with Gasteiger partial charge in [-0.2, -0.15) is 13.2 Å². The third-order valence-corrected chi connectivity index (χ3v) is 6.64. The van der Waals surface area contributed by atoms with E-state index in [9.17, 15) is 18.0 Å². The van der Waals surface area contributed by atoms with Gasteiger partial charge < -0.3 is 21.7 Å². The molecule has 0 aliphatic carbocycles. The second-order valence-electron chi connectivity index (χ2n) is 8.66. The van der Waals surface area contributed by atoms with Gasteiger partial charge in [-0.25, -0.2) is 9.97 Å². The number of amides is 1. The first-order valence-corrected chi connectivity index (χ1v) is 16.0. The van der Waals surface area contributed by atoms with Crippen molar-refractivity contribution in [1.82, 2.24) is 15.3 Å². The predicted molar refractivity (Wildman–Crippen MR) is 185 cm³/mol. The van der Waals surface area contributed by atoms with Crippen molar-refractivity contribution in [3.05, 3.63) is 81.9 Å². The van der Waals surface area contributed by atoms with Crippen molar-refractivity contribution in [1.29, 1.82) is 0 Å². The minimum atomic E-state index is -4.47. The topological polar surface area (TPSA) is 105 Å². The summed E-state index contributed by atoms with van der Waals surface area (Å²) in [5.41, 5.74) is 6.48. The van der Waals surface area contributed by atoms with Crippen LogP contribution in [0, 0.1) is 6.92 Å². The number of anilines is 2. The van der Waals surface area contributed by atoms with Gasteiger partial charge in [-0.3, -0.25) is 4.79 Å². The van der Waals surface area contributed by atoms with E-state index in [0.717, 1.165) is 60.1 Å². The van der Waals surface area contributed by atoms with Crippen molar-refractivity contribution >= 4 is 89.3 Å². The van der Waals surface area contributed by atoms with Gasteiger partial charge in [-0.1, -0.05) is 55.1 Å². The fraction of sp³-hybridized carbons (Fsp3) is 0.393. The van der Waals surface area contributed by atoms with Crippen LogP contribution in [0.4, 0.5) is 24.5 Å². The van der Waals surface area contributed by atoms with E-state index in [1.54, 1.807) is 30.6 Å². The molecule has 5 N–H and O–H groups in total. The zero-order chi connectivity index (χ0) is 31.4. The molecule has 43 heavy (non-hydrogen) atoms. The largest absolute Gasteiger partial charge is 0.416 e. The summed E-state index contributed by atoms with van der Waals surface area (Å²) in [7, 11) is 0. The highest BCUT2D eigenvalue weighted by Gasteiger charge is 2.31. The third kappa shape index (κ3) is 19.4. The van der Waals surface area contributed by atoms with Crippen LogP contribution in [0.5, 0.6) is 0 Å². The lowest BCUT2D eigenvalue weighted by Gasteiger charge is -2.11. The molecule has 0 saturated heterocycles. The van der Waals surface area contributed by atoms with Crippen molar-refractivity contribution in [2.45, 2.75) is 32.4 Å². The number of aromatic nitrogens is 2. The number of carbonyl (C=O) groups excluding carboxylic acids is 1. The van der Waals surface area contributed by atoms with Crippen molar-refractivity contribution in [3.63, 3.8) is 0 Å². The third-order valence-electron chi connectivity index (χ3n) is 5.07. The van der Waals surface area contributed by atoms with Crippen molar-refractivity contribution < 1.29 is 18.0 Å². The summed E-state index contributed by atoms with van der Waals surface area (Å²) in [4.78, 5) is 19.9. The number of benzene rings is 1. The van der Waals surface area contributed by atoms with Gasteiger partial charge in [0.1, 0.15) is 10.3 Å². The van der Waals surface area contributed by atoms with E-state index in [1.807, 2.05) is 6.07 Å². The number of alkyl halides is 5. The lowest BCUT2D eigenvalue weighted by atomic mass is 10.1. The molecule has 240 valence electrons. The molecule has 0 fully saturated rings. The Morgan fingerprint density at radius 3 is 1.81 bits per heavy atom. The summed E-state index contributed by atoms with van der Waals surface area (Å²) in [6, 6.07) is 10.4. The van der Waals surface area contributed by atoms with Crippen LogP contribution in [-0.4, -0.2) is 52.7 Å². The number of aryl methyl sites for hydroxylation is 1. The van der Waals surface area contributed by atoms with Crippen molar-refractivity contribution in [2.75, 3.05) is 47.5 Å². The lowest BCUT2D eigenvalue weighted by Crippen LogP contribution is -2.26. The maximum atomic E-state index is 12.8. The standard InChI is InChI=1S/C17H17ClF3N3O.C8H10BrClN2.C3H8BrN.BrH/c1-11-7-12(9-13(8-11)17(19,20)21)16(25)23-6-2-5-22-14-3-4-15(18)24-10-14;9-4-1-5-11-7-2-3-8(10)12-6-7;4-2-1-3-5;/h3-4,7-10,22H,2,5-6H2,1H3,(H,23,25);2-3,6,11H,1,4-5H2;1-3,5H2;1H. The average Bonchev–Trinajstić information content (AvgIpc) is 2.95. The van der Waals surface area contributed by atoms with E-state index >= 15 is 0 Å². The van der Waals surface area contributed by atoms with E-state index in [1.165, 1.54) is 13.0 Å². The number of carbonyl (C=O) groups is 1. The quantitative estimate of drug-likeness (QED) is 0.0829. The van der Waals surface area contributed by atoms with Gasteiger partial charge >= 0.3 is 6.18 Å². The first-order chi connectivity index (χ1) is 20.0.